The number of hydrogen-bond donors (Lipinski definition) is 0. The highest BCUT2D eigenvalue weighted by Gasteiger charge is 2.06. The Morgan fingerprint density at radius 2 is 0.792 bits per heavy atom. The van der Waals surface area contributed by atoms with E-state index in [1.54, 1.807) is 11.1 Å². The number of allylic oxidation sites excluding steroid dienone is 8. The second-order valence-corrected chi connectivity index (χ2v) is 7.56. The SMILES string of the molecule is C1=CCCCCCCCCC(C2=CC=CCCCCCCCC2)=C1. The second kappa shape index (κ2) is 13.3. The molecule has 0 heterocycles. The Morgan fingerprint density at radius 1 is 0.417 bits per heavy atom. The van der Waals surface area contributed by atoms with E-state index >= 15 is 0 Å². The van der Waals surface area contributed by atoms with Gasteiger partial charge in [0, 0.05) is 0 Å². The van der Waals surface area contributed by atoms with Crippen LogP contribution in [0.2, 0.25) is 0 Å². The first-order chi connectivity index (χ1) is 12.0. The normalized spacial score (nSPS) is 23.0. The predicted octanol–water partition coefficient (Wildman–Crippen LogP) is 8.22. The summed E-state index contributed by atoms with van der Waals surface area (Å²) >= 11 is 0. The molecule has 0 radical (unpaired) electrons. The van der Waals surface area contributed by atoms with E-state index in [9.17, 15) is 0 Å². The zero-order valence-corrected chi connectivity index (χ0v) is 15.8. The van der Waals surface area contributed by atoms with Gasteiger partial charge in [-0.2, -0.15) is 0 Å². The molecule has 0 N–H and O–H groups in total. The average Bonchev–Trinajstić information content (AvgIpc) is 2.56. The van der Waals surface area contributed by atoms with Gasteiger partial charge in [-0.3, -0.25) is 0 Å². The van der Waals surface area contributed by atoms with Crippen molar-refractivity contribution in [1.82, 2.24) is 0 Å². The van der Waals surface area contributed by atoms with Crippen molar-refractivity contribution >= 4 is 0 Å². The maximum absolute atomic E-state index is 2.42. The second-order valence-electron chi connectivity index (χ2n) is 7.56. The molecule has 2 aliphatic rings. The first-order valence-electron chi connectivity index (χ1n) is 10.7. The topological polar surface area (TPSA) is 0 Å². The summed E-state index contributed by atoms with van der Waals surface area (Å²) in [6.07, 6.45) is 36.1. The van der Waals surface area contributed by atoms with E-state index in [4.69, 9.17) is 0 Å². The summed E-state index contributed by atoms with van der Waals surface area (Å²) in [5, 5.41) is 0. The molecule has 0 aromatic heterocycles. The standard InChI is InChI=1S/C24H38/c1-3-7-11-15-19-23(20-16-12-8-4-1)24-21-17-13-9-5-2-6-10-14-18-22-24/h11,13,15,17,19,21H,1-10,12,14,16,18,20,22H2. The summed E-state index contributed by atoms with van der Waals surface area (Å²) in [6, 6.07) is 0. The van der Waals surface area contributed by atoms with E-state index < -0.39 is 0 Å². The zero-order valence-electron chi connectivity index (χ0n) is 15.8. The Labute approximate surface area is 150 Å². The molecule has 0 aromatic rings. The Morgan fingerprint density at radius 3 is 1.25 bits per heavy atom. The molecule has 0 unspecified atom stereocenters. The van der Waals surface area contributed by atoms with Gasteiger partial charge in [-0.05, 0) is 62.5 Å². The van der Waals surface area contributed by atoms with Crippen LogP contribution in [0.1, 0.15) is 103 Å². The van der Waals surface area contributed by atoms with Gasteiger partial charge >= 0.3 is 0 Å². The average molecular weight is 327 g/mol. The van der Waals surface area contributed by atoms with Gasteiger partial charge in [0.2, 0.25) is 0 Å². The summed E-state index contributed by atoms with van der Waals surface area (Å²) < 4.78 is 0. The summed E-state index contributed by atoms with van der Waals surface area (Å²) in [7, 11) is 0. The highest BCUT2D eigenvalue weighted by Crippen LogP contribution is 2.25. The molecule has 134 valence electrons. The van der Waals surface area contributed by atoms with Gasteiger partial charge in [0.15, 0.2) is 0 Å². The monoisotopic (exact) mass is 326 g/mol. The predicted molar refractivity (Wildman–Crippen MR) is 108 cm³/mol. The third-order valence-corrected chi connectivity index (χ3v) is 5.41. The largest absolute Gasteiger partial charge is 0.0845 e. The molecule has 0 aromatic carbocycles. The molecule has 0 saturated heterocycles. The maximum Gasteiger partial charge on any atom is -0.0276 e. The van der Waals surface area contributed by atoms with E-state index in [-0.39, 0.29) is 0 Å². The van der Waals surface area contributed by atoms with Gasteiger partial charge in [0.1, 0.15) is 0 Å². The lowest BCUT2D eigenvalue weighted by Crippen LogP contribution is -1.94. The van der Waals surface area contributed by atoms with Gasteiger partial charge in [-0.25, -0.2) is 0 Å². The Hall–Kier alpha value is -1.04. The molecule has 0 nitrogen and oxygen atoms in total. The minimum atomic E-state index is 1.25. The molecule has 0 bridgehead atoms. The lowest BCUT2D eigenvalue weighted by atomic mass is 9.92. The zero-order chi connectivity index (χ0) is 16.7. The highest BCUT2D eigenvalue weighted by molar-refractivity contribution is 5.36. The van der Waals surface area contributed by atoms with Gasteiger partial charge < -0.3 is 0 Å². The summed E-state index contributed by atoms with van der Waals surface area (Å²) in [5.41, 5.74) is 3.21. The molecular formula is C24H38. The molecule has 0 amide bonds. The summed E-state index contributed by atoms with van der Waals surface area (Å²) in [6.45, 7) is 0. The molecule has 0 fully saturated rings. The molecule has 0 heteroatoms. The minimum Gasteiger partial charge on any atom is -0.0845 e. The Bertz CT molecular complexity index is 391. The van der Waals surface area contributed by atoms with Crippen molar-refractivity contribution in [2.24, 2.45) is 0 Å². The van der Waals surface area contributed by atoms with E-state index in [1.807, 2.05) is 0 Å². The Balaban J connectivity index is 2.06. The highest BCUT2D eigenvalue weighted by atomic mass is 14.1. The van der Waals surface area contributed by atoms with Crippen LogP contribution in [-0.2, 0) is 0 Å². The molecule has 2 aliphatic carbocycles. The van der Waals surface area contributed by atoms with Crippen molar-refractivity contribution in [1.29, 1.82) is 0 Å². The van der Waals surface area contributed by atoms with Crippen LogP contribution in [0.4, 0.5) is 0 Å². The van der Waals surface area contributed by atoms with E-state index in [1.165, 1.54) is 103 Å². The van der Waals surface area contributed by atoms with Crippen molar-refractivity contribution in [2.75, 3.05) is 0 Å². The number of rotatable bonds is 1. The molecule has 2 rings (SSSR count). The van der Waals surface area contributed by atoms with E-state index in [2.05, 4.69) is 36.5 Å². The third-order valence-electron chi connectivity index (χ3n) is 5.41. The summed E-state index contributed by atoms with van der Waals surface area (Å²) in [5.74, 6) is 0. The lowest BCUT2D eigenvalue weighted by molar-refractivity contribution is 0.587. The lowest BCUT2D eigenvalue weighted by Gasteiger charge is -2.13. The minimum absolute atomic E-state index is 1.25. The van der Waals surface area contributed by atoms with Gasteiger partial charge in [-0.1, -0.05) is 87.8 Å². The van der Waals surface area contributed by atoms with Crippen molar-refractivity contribution in [3.63, 3.8) is 0 Å². The van der Waals surface area contributed by atoms with Crippen LogP contribution in [0.25, 0.3) is 0 Å². The fraction of sp³-hybridized carbons (Fsp3) is 0.667. The fourth-order valence-electron chi connectivity index (χ4n) is 3.83. The van der Waals surface area contributed by atoms with Crippen molar-refractivity contribution in [3.8, 4) is 0 Å². The van der Waals surface area contributed by atoms with Crippen LogP contribution in [0.15, 0.2) is 47.6 Å². The van der Waals surface area contributed by atoms with Crippen LogP contribution in [0, 0.1) is 0 Å². The molecular weight excluding hydrogens is 288 g/mol. The van der Waals surface area contributed by atoms with Gasteiger partial charge in [0.05, 0.1) is 0 Å². The molecule has 0 aliphatic heterocycles. The molecule has 24 heavy (non-hydrogen) atoms. The quantitative estimate of drug-likeness (QED) is 0.455. The van der Waals surface area contributed by atoms with E-state index in [0.717, 1.165) is 0 Å². The smallest absolute Gasteiger partial charge is 0.0276 e. The first-order valence-corrected chi connectivity index (χ1v) is 10.7. The van der Waals surface area contributed by atoms with Crippen LogP contribution >= 0.6 is 0 Å². The van der Waals surface area contributed by atoms with E-state index in [0.29, 0.717) is 0 Å². The molecule has 0 atom stereocenters. The Kier molecular flexibility index (Phi) is 10.7. The third kappa shape index (κ3) is 8.71. The molecule has 0 saturated carbocycles. The van der Waals surface area contributed by atoms with Crippen LogP contribution in [-0.4, -0.2) is 0 Å². The fourth-order valence-corrected chi connectivity index (χ4v) is 3.83. The van der Waals surface area contributed by atoms with Crippen LogP contribution in [0.3, 0.4) is 0 Å². The van der Waals surface area contributed by atoms with Crippen molar-refractivity contribution < 1.29 is 0 Å². The van der Waals surface area contributed by atoms with Crippen LogP contribution < -0.4 is 0 Å². The van der Waals surface area contributed by atoms with Gasteiger partial charge in [0.25, 0.3) is 0 Å². The van der Waals surface area contributed by atoms with Crippen LogP contribution in [0.5, 0.6) is 0 Å². The first kappa shape index (κ1) is 19.3. The number of hydrogen-bond acceptors (Lipinski definition) is 0. The van der Waals surface area contributed by atoms with Crippen molar-refractivity contribution in [3.05, 3.63) is 47.6 Å². The molecule has 0 spiro atoms. The van der Waals surface area contributed by atoms with Crippen molar-refractivity contribution in [2.45, 2.75) is 103 Å². The van der Waals surface area contributed by atoms with Gasteiger partial charge in [-0.15, -0.1) is 0 Å². The summed E-state index contributed by atoms with van der Waals surface area (Å²) in [4.78, 5) is 0. The maximum atomic E-state index is 2.42.